The molecular formula is C15H23N5O3. The number of aromatic nitrogens is 3. The third-order valence-corrected chi connectivity index (χ3v) is 3.49. The SMILES string of the molecule is COCCCN(C)CCNC(=O)Cn1nc2ccccn2c1=O. The molecule has 0 fully saturated rings. The van der Waals surface area contributed by atoms with E-state index in [1.807, 2.05) is 7.05 Å². The highest BCUT2D eigenvalue weighted by Gasteiger charge is 2.10. The van der Waals surface area contributed by atoms with E-state index < -0.39 is 0 Å². The van der Waals surface area contributed by atoms with E-state index in [1.54, 1.807) is 31.5 Å². The van der Waals surface area contributed by atoms with Crippen LogP contribution in [-0.2, 0) is 16.1 Å². The number of ether oxygens (including phenoxy) is 1. The molecule has 0 aliphatic rings. The van der Waals surface area contributed by atoms with Gasteiger partial charge in [-0.25, -0.2) is 9.48 Å². The van der Waals surface area contributed by atoms with E-state index in [-0.39, 0.29) is 18.1 Å². The molecule has 0 unspecified atom stereocenters. The van der Waals surface area contributed by atoms with Gasteiger partial charge in [-0.15, -0.1) is 5.10 Å². The van der Waals surface area contributed by atoms with Crippen molar-refractivity contribution in [3.8, 4) is 0 Å². The number of amides is 1. The topological polar surface area (TPSA) is 80.9 Å². The molecule has 2 aromatic rings. The Balaban J connectivity index is 1.78. The lowest BCUT2D eigenvalue weighted by molar-refractivity contribution is -0.121. The molecule has 0 atom stereocenters. The predicted octanol–water partition coefficient (Wildman–Crippen LogP) is -0.419. The fourth-order valence-electron chi connectivity index (χ4n) is 2.24. The number of hydrogen-bond donors (Lipinski definition) is 1. The first kappa shape index (κ1) is 17.2. The maximum Gasteiger partial charge on any atom is 0.350 e. The fraction of sp³-hybridized carbons (Fsp3) is 0.533. The van der Waals surface area contributed by atoms with Crippen molar-refractivity contribution in [3.05, 3.63) is 34.9 Å². The van der Waals surface area contributed by atoms with E-state index in [4.69, 9.17) is 4.74 Å². The summed E-state index contributed by atoms with van der Waals surface area (Å²) in [6, 6.07) is 5.27. The van der Waals surface area contributed by atoms with Gasteiger partial charge in [0.1, 0.15) is 6.54 Å². The summed E-state index contributed by atoms with van der Waals surface area (Å²) >= 11 is 0. The predicted molar refractivity (Wildman–Crippen MR) is 86.5 cm³/mol. The Morgan fingerprint density at radius 2 is 2.22 bits per heavy atom. The van der Waals surface area contributed by atoms with Gasteiger partial charge in [0.05, 0.1) is 0 Å². The first-order valence-electron chi connectivity index (χ1n) is 7.60. The highest BCUT2D eigenvalue weighted by atomic mass is 16.5. The minimum atomic E-state index is -0.313. The number of carbonyl (C=O) groups is 1. The van der Waals surface area contributed by atoms with Gasteiger partial charge in [0.2, 0.25) is 5.91 Å². The Labute approximate surface area is 134 Å². The number of nitrogens with one attached hydrogen (secondary N) is 1. The number of fused-ring (bicyclic) bond motifs is 1. The molecular weight excluding hydrogens is 298 g/mol. The molecule has 2 rings (SSSR count). The monoisotopic (exact) mass is 321 g/mol. The minimum Gasteiger partial charge on any atom is -0.385 e. The second-order valence-corrected chi connectivity index (χ2v) is 5.37. The number of rotatable bonds is 9. The Morgan fingerprint density at radius 3 is 2.96 bits per heavy atom. The van der Waals surface area contributed by atoms with Crippen LogP contribution in [0.5, 0.6) is 0 Å². The standard InChI is InChI=1S/C15H23N5O3/c1-18(8-5-11-23-2)10-7-16-14(21)12-20-15(22)19-9-4-3-6-13(19)17-20/h3-4,6,9H,5,7-8,10-12H2,1-2H3,(H,16,21). The number of methoxy groups -OCH3 is 1. The highest BCUT2D eigenvalue weighted by molar-refractivity contribution is 5.75. The molecule has 1 N–H and O–H groups in total. The molecule has 0 bridgehead atoms. The summed E-state index contributed by atoms with van der Waals surface area (Å²) in [4.78, 5) is 26.1. The van der Waals surface area contributed by atoms with Gasteiger partial charge in [-0.1, -0.05) is 6.07 Å². The van der Waals surface area contributed by atoms with E-state index in [1.165, 1.54) is 9.08 Å². The van der Waals surface area contributed by atoms with Crippen molar-refractivity contribution in [1.82, 2.24) is 24.4 Å². The molecule has 0 saturated heterocycles. The normalized spacial score (nSPS) is 11.3. The molecule has 0 spiro atoms. The van der Waals surface area contributed by atoms with Crippen LogP contribution in [0.3, 0.4) is 0 Å². The second kappa shape index (κ2) is 8.44. The summed E-state index contributed by atoms with van der Waals surface area (Å²) in [5, 5.41) is 6.93. The van der Waals surface area contributed by atoms with Crippen LogP contribution in [0.2, 0.25) is 0 Å². The Bertz CT molecular complexity index is 694. The summed E-state index contributed by atoms with van der Waals surface area (Å²) in [7, 11) is 3.68. The van der Waals surface area contributed by atoms with Crippen molar-refractivity contribution in [3.63, 3.8) is 0 Å². The van der Waals surface area contributed by atoms with Gasteiger partial charge in [0, 0.05) is 39.5 Å². The van der Waals surface area contributed by atoms with Gasteiger partial charge in [0.25, 0.3) is 0 Å². The van der Waals surface area contributed by atoms with Crippen LogP contribution in [-0.4, -0.2) is 65.4 Å². The zero-order valence-corrected chi connectivity index (χ0v) is 13.6. The molecule has 0 aliphatic heterocycles. The van der Waals surface area contributed by atoms with Crippen LogP contribution in [0.1, 0.15) is 6.42 Å². The van der Waals surface area contributed by atoms with Crippen molar-refractivity contribution in [1.29, 1.82) is 0 Å². The lowest BCUT2D eigenvalue weighted by Gasteiger charge is -2.16. The summed E-state index contributed by atoms with van der Waals surface area (Å²) < 4.78 is 7.59. The molecule has 0 radical (unpaired) electrons. The quantitative estimate of drug-likeness (QED) is 0.635. The van der Waals surface area contributed by atoms with Crippen LogP contribution in [0.15, 0.2) is 29.2 Å². The van der Waals surface area contributed by atoms with Crippen LogP contribution in [0.4, 0.5) is 0 Å². The number of carbonyl (C=O) groups excluding carboxylic acids is 1. The van der Waals surface area contributed by atoms with Crippen molar-refractivity contribution < 1.29 is 9.53 Å². The lowest BCUT2D eigenvalue weighted by Crippen LogP contribution is -2.37. The van der Waals surface area contributed by atoms with Gasteiger partial charge in [-0.05, 0) is 25.6 Å². The van der Waals surface area contributed by atoms with Crippen LogP contribution in [0, 0.1) is 0 Å². The third kappa shape index (κ3) is 4.90. The van der Waals surface area contributed by atoms with Crippen molar-refractivity contribution >= 4 is 11.6 Å². The van der Waals surface area contributed by atoms with Crippen LogP contribution < -0.4 is 11.0 Å². The Hall–Kier alpha value is -2.19. The molecule has 126 valence electrons. The van der Waals surface area contributed by atoms with E-state index in [0.717, 1.165) is 26.1 Å². The summed E-state index contributed by atoms with van der Waals surface area (Å²) in [5.74, 6) is -0.221. The molecule has 8 nitrogen and oxygen atoms in total. The first-order chi connectivity index (χ1) is 11.1. The van der Waals surface area contributed by atoms with Gasteiger partial charge in [-0.3, -0.25) is 9.20 Å². The summed E-state index contributed by atoms with van der Waals surface area (Å²) in [6.07, 6.45) is 2.59. The van der Waals surface area contributed by atoms with Gasteiger partial charge >= 0.3 is 5.69 Å². The van der Waals surface area contributed by atoms with Crippen molar-refractivity contribution in [2.24, 2.45) is 0 Å². The smallest absolute Gasteiger partial charge is 0.350 e. The molecule has 23 heavy (non-hydrogen) atoms. The maximum absolute atomic E-state index is 12.1. The molecule has 0 aromatic carbocycles. The Kier molecular flexibility index (Phi) is 6.30. The lowest BCUT2D eigenvalue weighted by atomic mass is 10.4. The molecule has 0 saturated carbocycles. The van der Waals surface area contributed by atoms with Crippen molar-refractivity contribution in [2.75, 3.05) is 40.4 Å². The van der Waals surface area contributed by atoms with E-state index in [0.29, 0.717) is 12.2 Å². The van der Waals surface area contributed by atoms with Crippen LogP contribution >= 0.6 is 0 Å². The van der Waals surface area contributed by atoms with Gasteiger partial charge < -0.3 is 15.0 Å². The summed E-state index contributed by atoms with van der Waals surface area (Å²) in [5.41, 5.74) is 0.218. The van der Waals surface area contributed by atoms with Gasteiger partial charge in [-0.2, -0.15) is 0 Å². The van der Waals surface area contributed by atoms with E-state index in [9.17, 15) is 9.59 Å². The molecule has 0 aliphatic carbocycles. The van der Waals surface area contributed by atoms with Crippen LogP contribution in [0.25, 0.3) is 5.65 Å². The zero-order chi connectivity index (χ0) is 16.7. The number of pyridine rings is 1. The Morgan fingerprint density at radius 1 is 1.39 bits per heavy atom. The average Bonchev–Trinajstić information content (AvgIpc) is 2.84. The third-order valence-electron chi connectivity index (χ3n) is 3.49. The second-order valence-electron chi connectivity index (χ2n) is 5.37. The maximum atomic E-state index is 12.1. The molecule has 8 heteroatoms. The number of hydrogen-bond acceptors (Lipinski definition) is 5. The molecule has 2 heterocycles. The molecule has 2 aromatic heterocycles. The largest absolute Gasteiger partial charge is 0.385 e. The summed E-state index contributed by atoms with van der Waals surface area (Å²) in [6.45, 7) is 2.84. The highest BCUT2D eigenvalue weighted by Crippen LogP contribution is 1.94. The number of likely N-dealkylation sites (N-methyl/N-ethyl adjacent to an activating group) is 1. The zero-order valence-electron chi connectivity index (χ0n) is 13.6. The first-order valence-corrected chi connectivity index (χ1v) is 7.60. The fourth-order valence-corrected chi connectivity index (χ4v) is 2.24. The van der Waals surface area contributed by atoms with E-state index in [2.05, 4.69) is 15.3 Å². The number of nitrogens with zero attached hydrogens (tertiary/aromatic N) is 4. The molecule has 1 amide bonds. The average molecular weight is 321 g/mol. The van der Waals surface area contributed by atoms with Gasteiger partial charge in [0.15, 0.2) is 5.65 Å². The van der Waals surface area contributed by atoms with Crippen molar-refractivity contribution in [2.45, 2.75) is 13.0 Å². The minimum absolute atomic E-state index is 0.0755. The van der Waals surface area contributed by atoms with E-state index >= 15 is 0 Å².